The van der Waals surface area contributed by atoms with Crippen LogP contribution in [0.2, 0.25) is 0 Å². The lowest BCUT2D eigenvalue weighted by Crippen LogP contribution is -2.22. The average Bonchev–Trinajstić information content (AvgIpc) is 3.21. The lowest BCUT2D eigenvalue weighted by Gasteiger charge is -2.18. The Morgan fingerprint density at radius 3 is 2.28 bits per heavy atom. The highest BCUT2D eigenvalue weighted by atomic mass is 16.4. The summed E-state index contributed by atoms with van der Waals surface area (Å²) in [5.41, 5.74) is 1.43. The molecule has 0 amide bonds. The molecule has 0 saturated heterocycles. The molecule has 3 heteroatoms. The van der Waals surface area contributed by atoms with Gasteiger partial charge in [0.05, 0.1) is 12.2 Å². The van der Waals surface area contributed by atoms with E-state index in [1.54, 1.807) is 36.4 Å². The van der Waals surface area contributed by atoms with Crippen molar-refractivity contribution in [2.45, 2.75) is 12.5 Å². The van der Waals surface area contributed by atoms with Crippen molar-refractivity contribution in [1.82, 2.24) is 0 Å². The summed E-state index contributed by atoms with van der Waals surface area (Å²) in [5.74, 6) is 5.60. The molecule has 0 radical (unpaired) electrons. The largest absolute Gasteiger partial charge is 0.467 e. The third-order valence-corrected chi connectivity index (χ3v) is 3.94. The van der Waals surface area contributed by atoms with Crippen LogP contribution in [0.3, 0.4) is 0 Å². The minimum absolute atomic E-state index is 0.146. The molecular weight excluding hydrogens is 312 g/mol. The number of ketones is 1. The number of carbonyl (C=O) groups is 1. The number of Topliss-reactive ketones (excluding diaryl/α,β-unsaturated/α-hetero) is 1. The highest BCUT2D eigenvalue weighted by molar-refractivity contribution is 5.98. The number of rotatable bonds is 5. The second-order valence-corrected chi connectivity index (χ2v) is 5.67. The molecule has 0 aliphatic carbocycles. The van der Waals surface area contributed by atoms with Gasteiger partial charge in [0, 0.05) is 17.5 Å². The molecule has 0 saturated carbocycles. The summed E-state index contributed by atoms with van der Waals surface area (Å²) in [7, 11) is 0. The molecule has 1 heterocycles. The summed E-state index contributed by atoms with van der Waals surface area (Å²) in [6.45, 7) is 0. The quantitative estimate of drug-likeness (QED) is 0.562. The van der Waals surface area contributed by atoms with Crippen molar-refractivity contribution in [1.29, 1.82) is 0 Å². The summed E-state index contributed by atoms with van der Waals surface area (Å²) in [6, 6.07) is 21.9. The summed E-state index contributed by atoms with van der Waals surface area (Å²) < 4.78 is 5.28. The van der Waals surface area contributed by atoms with E-state index in [0.29, 0.717) is 11.3 Å². The van der Waals surface area contributed by atoms with Gasteiger partial charge < -0.3 is 9.52 Å². The van der Waals surface area contributed by atoms with E-state index in [-0.39, 0.29) is 12.2 Å². The second-order valence-electron chi connectivity index (χ2n) is 5.67. The molecule has 0 aliphatic heterocycles. The van der Waals surface area contributed by atoms with Gasteiger partial charge in [-0.3, -0.25) is 4.79 Å². The molecule has 0 unspecified atom stereocenters. The maximum absolute atomic E-state index is 12.9. The van der Waals surface area contributed by atoms with E-state index >= 15 is 0 Å². The van der Waals surface area contributed by atoms with E-state index in [1.807, 2.05) is 36.4 Å². The number of hydrogen-bond acceptors (Lipinski definition) is 3. The Hall–Kier alpha value is -3.09. The zero-order valence-electron chi connectivity index (χ0n) is 13.6. The van der Waals surface area contributed by atoms with E-state index in [0.717, 1.165) is 5.56 Å². The molecule has 0 bridgehead atoms. The first-order chi connectivity index (χ1) is 12.3. The Balaban J connectivity index is 1.84. The summed E-state index contributed by atoms with van der Waals surface area (Å²) in [5, 5.41) is 10.6. The van der Waals surface area contributed by atoms with Gasteiger partial charge in [-0.1, -0.05) is 60.4 Å². The van der Waals surface area contributed by atoms with Crippen molar-refractivity contribution < 1.29 is 14.3 Å². The van der Waals surface area contributed by atoms with Gasteiger partial charge in [0.25, 0.3) is 0 Å². The Morgan fingerprint density at radius 1 is 0.960 bits per heavy atom. The number of benzene rings is 2. The van der Waals surface area contributed by atoms with Crippen LogP contribution >= 0.6 is 0 Å². The Labute approximate surface area is 146 Å². The first-order valence-corrected chi connectivity index (χ1v) is 8.10. The normalized spacial score (nSPS) is 12.7. The van der Waals surface area contributed by atoms with Crippen molar-refractivity contribution in [2.24, 2.45) is 5.92 Å². The highest BCUT2D eigenvalue weighted by Gasteiger charge is 2.29. The topological polar surface area (TPSA) is 50.4 Å². The molecule has 1 aromatic heterocycles. The molecular formula is C22H18O3. The van der Waals surface area contributed by atoms with Crippen LogP contribution in [0.1, 0.15) is 34.2 Å². The van der Waals surface area contributed by atoms with Gasteiger partial charge in [-0.2, -0.15) is 0 Å². The van der Waals surface area contributed by atoms with Crippen LogP contribution < -0.4 is 0 Å². The minimum Gasteiger partial charge on any atom is -0.467 e. The number of hydrogen-bond donors (Lipinski definition) is 1. The Morgan fingerprint density at radius 2 is 1.64 bits per heavy atom. The third kappa shape index (κ3) is 4.26. The fraction of sp³-hybridized carbons (Fsp3) is 0.136. The average molecular weight is 330 g/mol. The monoisotopic (exact) mass is 330 g/mol. The molecule has 0 spiro atoms. The van der Waals surface area contributed by atoms with Gasteiger partial charge >= 0.3 is 0 Å². The van der Waals surface area contributed by atoms with Crippen LogP contribution in [0.25, 0.3) is 0 Å². The smallest absolute Gasteiger partial charge is 0.169 e. The predicted molar refractivity (Wildman–Crippen MR) is 95.9 cm³/mol. The van der Waals surface area contributed by atoms with Crippen molar-refractivity contribution in [3.63, 3.8) is 0 Å². The minimum atomic E-state index is -1.03. The standard InChI is InChI=1S/C22H18O3/c23-21(18-12-5-2-6-13-18)19(22(24)20-15-8-16-25-20)14-7-11-17-9-3-1-4-10-17/h1-6,8-10,12-13,15-16,19,22,24H,14H2/t19-,22-/m0/s1. The van der Waals surface area contributed by atoms with Gasteiger partial charge in [-0.25, -0.2) is 0 Å². The predicted octanol–water partition coefficient (Wildman–Crippen LogP) is 4.25. The van der Waals surface area contributed by atoms with Crippen molar-refractivity contribution >= 4 is 5.78 Å². The fourth-order valence-corrected chi connectivity index (χ4v) is 2.61. The highest BCUT2D eigenvalue weighted by Crippen LogP contribution is 2.28. The number of carbonyl (C=O) groups excluding carboxylic acids is 1. The summed E-state index contributed by atoms with van der Waals surface area (Å²) in [4.78, 5) is 12.9. The molecule has 1 N–H and O–H groups in total. The van der Waals surface area contributed by atoms with Crippen LogP contribution in [0.5, 0.6) is 0 Å². The maximum atomic E-state index is 12.9. The summed E-state index contributed by atoms with van der Waals surface area (Å²) >= 11 is 0. The fourth-order valence-electron chi connectivity index (χ4n) is 2.61. The molecule has 25 heavy (non-hydrogen) atoms. The molecule has 3 aromatic rings. The molecule has 0 aliphatic rings. The van der Waals surface area contributed by atoms with Crippen molar-refractivity contribution in [3.05, 3.63) is 95.9 Å². The van der Waals surface area contributed by atoms with E-state index in [4.69, 9.17) is 4.42 Å². The first-order valence-electron chi connectivity index (χ1n) is 8.10. The molecule has 2 atom stereocenters. The zero-order chi connectivity index (χ0) is 17.5. The molecule has 124 valence electrons. The van der Waals surface area contributed by atoms with E-state index in [9.17, 15) is 9.90 Å². The van der Waals surface area contributed by atoms with Gasteiger partial charge in [0.2, 0.25) is 0 Å². The molecule has 2 aromatic carbocycles. The number of furan rings is 1. The Bertz CT molecular complexity index is 856. The van der Waals surface area contributed by atoms with Crippen LogP contribution in [0.4, 0.5) is 0 Å². The summed E-state index contributed by atoms with van der Waals surface area (Å²) in [6.07, 6.45) is 0.690. The molecule has 3 rings (SSSR count). The zero-order valence-corrected chi connectivity index (χ0v) is 13.6. The van der Waals surface area contributed by atoms with Crippen LogP contribution in [-0.4, -0.2) is 10.9 Å². The Kier molecular flexibility index (Phi) is 5.46. The number of aliphatic hydroxyl groups is 1. The van der Waals surface area contributed by atoms with Crippen LogP contribution in [0.15, 0.2) is 83.5 Å². The van der Waals surface area contributed by atoms with Crippen LogP contribution in [-0.2, 0) is 0 Å². The maximum Gasteiger partial charge on any atom is 0.169 e. The van der Waals surface area contributed by atoms with E-state index in [2.05, 4.69) is 11.8 Å². The van der Waals surface area contributed by atoms with Gasteiger partial charge in [-0.05, 0) is 24.3 Å². The molecule has 0 fully saturated rings. The first kappa shape index (κ1) is 16.8. The number of aliphatic hydroxyl groups excluding tert-OH is 1. The van der Waals surface area contributed by atoms with Crippen molar-refractivity contribution in [2.75, 3.05) is 0 Å². The van der Waals surface area contributed by atoms with E-state index in [1.165, 1.54) is 6.26 Å². The van der Waals surface area contributed by atoms with Gasteiger partial charge in [-0.15, -0.1) is 0 Å². The lowest BCUT2D eigenvalue weighted by atomic mass is 9.88. The lowest BCUT2D eigenvalue weighted by molar-refractivity contribution is 0.0613. The third-order valence-electron chi connectivity index (χ3n) is 3.94. The van der Waals surface area contributed by atoms with Crippen LogP contribution in [0, 0.1) is 17.8 Å². The SMILES string of the molecule is O=C(c1ccccc1)[C@H](CC#Cc1ccccc1)[C@H](O)c1ccco1. The van der Waals surface area contributed by atoms with Gasteiger partial charge in [0.1, 0.15) is 11.9 Å². The molecule has 3 nitrogen and oxygen atoms in total. The van der Waals surface area contributed by atoms with Crippen molar-refractivity contribution in [3.8, 4) is 11.8 Å². The van der Waals surface area contributed by atoms with Gasteiger partial charge in [0.15, 0.2) is 5.78 Å². The van der Waals surface area contributed by atoms with E-state index < -0.39 is 12.0 Å². The second kappa shape index (κ2) is 8.14.